The van der Waals surface area contributed by atoms with Crippen molar-refractivity contribution in [1.82, 2.24) is 5.32 Å². The molecule has 52 valence electrons. The van der Waals surface area contributed by atoms with E-state index in [1.807, 2.05) is 12.2 Å². The molecule has 0 rings (SSSR count). The van der Waals surface area contributed by atoms with Crippen LogP contribution in [0.15, 0.2) is 25.3 Å². The van der Waals surface area contributed by atoms with Gasteiger partial charge in [0.05, 0.1) is 0 Å². The standard InChI is InChI=1S/C8H15N/c1-4-6-7-9-8(3)5-2/h4-5,8-9H,1-2,6-7H2,3H3. The van der Waals surface area contributed by atoms with Gasteiger partial charge in [-0.2, -0.15) is 0 Å². The average molecular weight is 125 g/mol. The molecule has 0 bridgehead atoms. The van der Waals surface area contributed by atoms with E-state index >= 15 is 0 Å². The highest BCUT2D eigenvalue weighted by atomic mass is 14.9. The van der Waals surface area contributed by atoms with Crippen molar-refractivity contribution in [3.05, 3.63) is 25.3 Å². The molecule has 0 aliphatic rings. The predicted molar refractivity (Wildman–Crippen MR) is 42.5 cm³/mol. The van der Waals surface area contributed by atoms with E-state index in [0.717, 1.165) is 13.0 Å². The molecular weight excluding hydrogens is 110 g/mol. The zero-order valence-corrected chi connectivity index (χ0v) is 6.06. The Balaban J connectivity index is 3.05. The van der Waals surface area contributed by atoms with Crippen molar-refractivity contribution >= 4 is 0 Å². The lowest BCUT2D eigenvalue weighted by atomic mass is 10.3. The molecule has 0 aliphatic heterocycles. The van der Waals surface area contributed by atoms with Crippen molar-refractivity contribution in [1.29, 1.82) is 0 Å². The van der Waals surface area contributed by atoms with Crippen LogP contribution in [0.2, 0.25) is 0 Å². The minimum atomic E-state index is 0.421. The zero-order valence-electron chi connectivity index (χ0n) is 6.06. The molecule has 0 saturated carbocycles. The second-order valence-electron chi connectivity index (χ2n) is 2.06. The van der Waals surface area contributed by atoms with Gasteiger partial charge in [0.2, 0.25) is 0 Å². The molecule has 0 aromatic carbocycles. The van der Waals surface area contributed by atoms with Crippen molar-refractivity contribution in [2.45, 2.75) is 19.4 Å². The van der Waals surface area contributed by atoms with Gasteiger partial charge in [-0.1, -0.05) is 12.2 Å². The second kappa shape index (κ2) is 5.57. The van der Waals surface area contributed by atoms with Crippen LogP contribution in [-0.2, 0) is 0 Å². The largest absolute Gasteiger partial charge is 0.311 e. The minimum Gasteiger partial charge on any atom is -0.311 e. The molecule has 1 N–H and O–H groups in total. The Bertz CT molecular complexity index is 86.6. The molecule has 9 heavy (non-hydrogen) atoms. The molecule has 0 saturated heterocycles. The maximum Gasteiger partial charge on any atom is 0.0219 e. The smallest absolute Gasteiger partial charge is 0.0219 e. The summed E-state index contributed by atoms with van der Waals surface area (Å²) in [6, 6.07) is 0.421. The van der Waals surface area contributed by atoms with Gasteiger partial charge < -0.3 is 5.32 Å². The van der Waals surface area contributed by atoms with E-state index < -0.39 is 0 Å². The van der Waals surface area contributed by atoms with Crippen LogP contribution in [-0.4, -0.2) is 12.6 Å². The first kappa shape index (κ1) is 8.44. The highest BCUT2D eigenvalue weighted by Crippen LogP contribution is 1.82. The summed E-state index contributed by atoms with van der Waals surface area (Å²) < 4.78 is 0. The lowest BCUT2D eigenvalue weighted by Crippen LogP contribution is -2.24. The van der Waals surface area contributed by atoms with E-state index in [4.69, 9.17) is 0 Å². The van der Waals surface area contributed by atoms with Crippen LogP contribution in [0.5, 0.6) is 0 Å². The van der Waals surface area contributed by atoms with Crippen LogP contribution in [0.1, 0.15) is 13.3 Å². The van der Waals surface area contributed by atoms with E-state index in [2.05, 4.69) is 25.4 Å². The topological polar surface area (TPSA) is 12.0 Å². The molecule has 0 heterocycles. The van der Waals surface area contributed by atoms with E-state index in [-0.39, 0.29) is 0 Å². The summed E-state index contributed by atoms with van der Waals surface area (Å²) in [5.74, 6) is 0. The van der Waals surface area contributed by atoms with Crippen molar-refractivity contribution in [3.63, 3.8) is 0 Å². The summed E-state index contributed by atoms with van der Waals surface area (Å²) in [5, 5.41) is 3.24. The Labute approximate surface area is 57.5 Å². The average Bonchev–Trinajstić information content (AvgIpc) is 1.89. The molecule has 1 heteroatoms. The Morgan fingerprint density at radius 2 is 2.22 bits per heavy atom. The van der Waals surface area contributed by atoms with Crippen molar-refractivity contribution in [3.8, 4) is 0 Å². The number of nitrogens with one attached hydrogen (secondary N) is 1. The SMILES string of the molecule is C=CCCNC(C)C=C. The maximum absolute atomic E-state index is 3.65. The lowest BCUT2D eigenvalue weighted by molar-refractivity contribution is 0.639. The van der Waals surface area contributed by atoms with Crippen LogP contribution < -0.4 is 5.32 Å². The first-order chi connectivity index (χ1) is 4.31. The van der Waals surface area contributed by atoms with Crippen LogP contribution >= 0.6 is 0 Å². The first-order valence-corrected chi connectivity index (χ1v) is 3.28. The highest BCUT2D eigenvalue weighted by molar-refractivity contribution is 4.81. The Hall–Kier alpha value is -0.560. The van der Waals surface area contributed by atoms with Gasteiger partial charge in [0, 0.05) is 6.04 Å². The highest BCUT2D eigenvalue weighted by Gasteiger charge is 1.89. The molecule has 0 aromatic heterocycles. The van der Waals surface area contributed by atoms with Gasteiger partial charge in [0.1, 0.15) is 0 Å². The normalized spacial score (nSPS) is 12.6. The first-order valence-electron chi connectivity index (χ1n) is 3.28. The molecule has 0 spiro atoms. The maximum atomic E-state index is 3.65. The fourth-order valence-electron chi connectivity index (χ4n) is 0.496. The fourth-order valence-corrected chi connectivity index (χ4v) is 0.496. The van der Waals surface area contributed by atoms with Crippen LogP contribution in [0.3, 0.4) is 0 Å². The number of rotatable bonds is 5. The predicted octanol–water partition coefficient (Wildman–Crippen LogP) is 1.73. The third-order valence-corrected chi connectivity index (χ3v) is 1.17. The third-order valence-electron chi connectivity index (χ3n) is 1.17. The van der Waals surface area contributed by atoms with Gasteiger partial charge in [-0.15, -0.1) is 13.2 Å². The van der Waals surface area contributed by atoms with Crippen LogP contribution in [0.25, 0.3) is 0 Å². The number of hydrogen-bond acceptors (Lipinski definition) is 1. The van der Waals surface area contributed by atoms with E-state index in [1.54, 1.807) is 0 Å². The third kappa shape index (κ3) is 5.31. The van der Waals surface area contributed by atoms with Gasteiger partial charge in [-0.05, 0) is 19.9 Å². The molecule has 1 nitrogen and oxygen atoms in total. The van der Waals surface area contributed by atoms with Gasteiger partial charge in [-0.3, -0.25) is 0 Å². The summed E-state index contributed by atoms with van der Waals surface area (Å²) >= 11 is 0. The van der Waals surface area contributed by atoms with Gasteiger partial charge in [-0.25, -0.2) is 0 Å². The molecule has 1 atom stereocenters. The van der Waals surface area contributed by atoms with E-state index in [9.17, 15) is 0 Å². The van der Waals surface area contributed by atoms with Gasteiger partial charge in [0.15, 0.2) is 0 Å². The molecule has 1 unspecified atom stereocenters. The van der Waals surface area contributed by atoms with Crippen molar-refractivity contribution < 1.29 is 0 Å². The summed E-state index contributed by atoms with van der Waals surface area (Å²) in [5.41, 5.74) is 0. The van der Waals surface area contributed by atoms with E-state index in [1.165, 1.54) is 0 Å². The Morgan fingerprint density at radius 1 is 1.56 bits per heavy atom. The van der Waals surface area contributed by atoms with Crippen LogP contribution in [0.4, 0.5) is 0 Å². The van der Waals surface area contributed by atoms with Gasteiger partial charge >= 0.3 is 0 Å². The lowest BCUT2D eigenvalue weighted by Gasteiger charge is -2.05. The molecule has 0 radical (unpaired) electrons. The van der Waals surface area contributed by atoms with Gasteiger partial charge in [0.25, 0.3) is 0 Å². The number of hydrogen-bond donors (Lipinski definition) is 1. The molecule has 0 fully saturated rings. The van der Waals surface area contributed by atoms with E-state index in [0.29, 0.717) is 6.04 Å². The summed E-state index contributed by atoms with van der Waals surface area (Å²) in [7, 11) is 0. The quantitative estimate of drug-likeness (QED) is 0.436. The van der Waals surface area contributed by atoms with Crippen LogP contribution in [0, 0.1) is 0 Å². The second-order valence-corrected chi connectivity index (χ2v) is 2.06. The molecule has 0 aliphatic carbocycles. The molecule has 0 amide bonds. The van der Waals surface area contributed by atoms with Crippen molar-refractivity contribution in [2.24, 2.45) is 0 Å². The monoisotopic (exact) mass is 125 g/mol. The molecular formula is C8H15N. The summed E-state index contributed by atoms with van der Waals surface area (Å²) in [6.07, 6.45) is 4.82. The summed E-state index contributed by atoms with van der Waals surface area (Å²) in [4.78, 5) is 0. The zero-order chi connectivity index (χ0) is 7.11. The fraction of sp³-hybridized carbons (Fsp3) is 0.500. The Kier molecular flexibility index (Phi) is 5.23. The summed E-state index contributed by atoms with van der Waals surface area (Å²) in [6.45, 7) is 10.3. The minimum absolute atomic E-state index is 0.421. The Morgan fingerprint density at radius 3 is 2.67 bits per heavy atom. The molecule has 0 aromatic rings. The van der Waals surface area contributed by atoms with Crippen molar-refractivity contribution in [2.75, 3.05) is 6.54 Å².